The van der Waals surface area contributed by atoms with Crippen LogP contribution in [0.1, 0.15) is 23.3 Å². The first kappa shape index (κ1) is 15.4. The van der Waals surface area contributed by atoms with Crippen molar-refractivity contribution in [2.45, 2.75) is 31.0 Å². The number of rotatable bonds is 3. The number of aromatic nitrogens is 1. The Labute approximate surface area is 129 Å². The van der Waals surface area contributed by atoms with E-state index in [4.69, 9.17) is 4.74 Å². The number of hydrogen-bond acceptors (Lipinski definition) is 5. The number of amides is 1. The van der Waals surface area contributed by atoms with E-state index in [-0.39, 0.29) is 18.1 Å². The summed E-state index contributed by atoms with van der Waals surface area (Å²) >= 11 is 0. The predicted octanol–water partition coefficient (Wildman–Crippen LogP) is 0.00280. The second kappa shape index (κ2) is 5.94. The molecule has 2 aliphatic heterocycles. The molecule has 3 heterocycles. The molecule has 1 aromatic heterocycles. The molecule has 120 valence electrons. The number of carbonyl (C=O) groups excluding carboxylic acids is 1. The molecule has 0 aromatic carbocycles. The zero-order valence-electron chi connectivity index (χ0n) is 12.3. The highest BCUT2D eigenvalue weighted by Gasteiger charge is 2.47. The molecule has 2 fully saturated rings. The molecule has 2 aliphatic rings. The molecule has 0 saturated carbocycles. The molecule has 1 aromatic rings. The van der Waals surface area contributed by atoms with Crippen LogP contribution in [0.4, 0.5) is 0 Å². The number of carbonyl (C=O) groups is 1. The summed E-state index contributed by atoms with van der Waals surface area (Å²) < 4.78 is 31.4. The fourth-order valence-electron chi connectivity index (χ4n) is 3.21. The molecule has 7 nitrogen and oxygen atoms in total. The predicted molar refractivity (Wildman–Crippen MR) is 79.8 cm³/mol. The third-order valence-electron chi connectivity index (χ3n) is 4.03. The number of fused-ring (bicyclic) bond motifs is 1. The lowest BCUT2D eigenvalue weighted by Crippen LogP contribution is -2.47. The van der Waals surface area contributed by atoms with E-state index in [1.165, 1.54) is 0 Å². The monoisotopic (exact) mass is 325 g/mol. The van der Waals surface area contributed by atoms with Gasteiger partial charge in [0.2, 0.25) is 10.0 Å². The van der Waals surface area contributed by atoms with Gasteiger partial charge in [0.15, 0.2) is 0 Å². The topological polar surface area (TPSA) is 88.6 Å². The average Bonchev–Trinajstić information content (AvgIpc) is 2.85. The van der Waals surface area contributed by atoms with E-state index in [1.54, 1.807) is 29.3 Å². The van der Waals surface area contributed by atoms with Gasteiger partial charge in [-0.25, -0.2) is 13.1 Å². The average molecular weight is 325 g/mol. The number of sulfonamides is 1. The number of nitrogens with one attached hydrogen (secondary N) is 1. The second-order valence-electron chi connectivity index (χ2n) is 5.71. The van der Waals surface area contributed by atoms with Crippen molar-refractivity contribution in [2.75, 3.05) is 19.4 Å². The summed E-state index contributed by atoms with van der Waals surface area (Å²) in [7, 11) is -3.36. The maximum Gasteiger partial charge on any atom is 0.272 e. The lowest BCUT2D eigenvalue weighted by Gasteiger charge is -2.32. The Bertz CT molecular complexity index is 649. The van der Waals surface area contributed by atoms with E-state index < -0.39 is 16.1 Å². The third kappa shape index (κ3) is 3.13. The van der Waals surface area contributed by atoms with E-state index in [1.807, 2.05) is 0 Å². The van der Waals surface area contributed by atoms with Gasteiger partial charge in [-0.15, -0.1) is 0 Å². The minimum Gasteiger partial charge on any atom is -0.374 e. The summed E-state index contributed by atoms with van der Waals surface area (Å²) in [6.45, 7) is 0.895. The summed E-state index contributed by atoms with van der Waals surface area (Å²) in [5.74, 6) is -0.182. The van der Waals surface area contributed by atoms with E-state index in [0.717, 1.165) is 19.1 Å². The Kier molecular flexibility index (Phi) is 4.16. The van der Waals surface area contributed by atoms with Crippen molar-refractivity contribution >= 4 is 15.9 Å². The fraction of sp³-hybridized carbons (Fsp3) is 0.571. The minimum atomic E-state index is -3.36. The minimum absolute atomic E-state index is 0.109. The van der Waals surface area contributed by atoms with Gasteiger partial charge in [0.05, 0.1) is 24.4 Å². The van der Waals surface area contributed by atoms with Crippen LogP contribution in [0.5, 0.6) is 0 Å². The van der Waals surface area contributed by atoms with E-state index in [9.17, 15) is 13.2 Å². The quantitative estimate of drug-likeness (QED) is 0.845. The summed E-state index contributed by atoms with van der Waals surface area (Å²) in [6, 6.07) is 4.66. The van der Waals surface area contributed by atoms with Gasteiger partial charge in [0.25, 0.3) is 5.91 Å². The molecule has 1 amide bonds. The van der Waals surface area contributed by atoms with Crippen LogP contribution in [0.3, 0.4) is 0 Å². The normalized spacial score (nSPS) is 28.4. The zero-order valence-corrected chi connectivity index (χ0v) is 13.1. The Morgan fingerprint density at radius 1 is 1.45 bits per heavy atom. The van der Waals surface area contributed by atoms with E-state index in [2.05, 4.69) is 9.71 Å². The number of hydrogen-bond donors (Lipinski definition) is 1. The first-order valence-corrected chi connectivity index (χ1v) is 9.16. The second-order valence-corrected chi connectivity index (χ2v) is 7.49. The van der Waals surface area contributed by atoms with Crippen LogP contribution in [0.15, 0.2) is 24.4 Å². The van der Waals surface area contributed by atoms with Crippen molar-refractivity contribution in [2.24, 2.45) is 0 Å². The molecule has 0 unspecified atom stereocenters. The Hall–Kier alpha value is -1.51. The largest absolute Gasteiger partial charge is 0.374 e. The molecule has 3 rings (SSSR count). The van der Waals surface area contributed by atoms with Crippen LogP contribution < -0.4 is 4.72 Å². The molecular weight excluding hydrogens is 306 g/mol. The third-order valence-corrected chi connectivity index (χ3v) is 4.77. The standard InChI is InChI=1S/C14H19N3O4S/c1-22(19,20)16-11-9-17(12-6-4-8-21-13(11)12)14(18)10-5-2-3-7-15-10/h2-3,5,7,11-13,16H,4,6,8-9H2,1H3/t11-,12-,13-/m1/s1. The van der Waals surface area contributed by atoms with Crippen LogP contribution in [0.25, 0.3) is 0 Å². The Morgan fingerprint density at radius 3 is 2.95 bits per heavy atom. The van der Waals surface area contributed by atoms with Gasteiger partial charge < -0.3 is 9.64 Å². The molecule has 0 spiro atoms. The number of likely N-dealkylation sites (tertiary alicyclic amines) is 1. The van der Waals surface area contributed by atoms with Gasteiger partial charge in [-0.1, -0.05) is 6.07 Å². The fourth-order valence-corrected chi connectivity index (χ4v) is 3.96. The smallest absolute Gasteiger partial charge is 0.272 e. The number of nitrogens with zero attached hydrogens (tertiary/aromatic N) is 2. The number of pyridine rings is 1. The van der Waals surface area contributed by atoms with Crippen LogP contribution >= 0.6 is 0 Å². The highest BCUT2D eigenvalue weighted by Crippen LogP contribution is 2.30. The first-order valence-electron chi connectivity index (χ1n) is 7.26. The zero-order chi connectivity index (χ0) is 15.7. The molecule has 1 N–H and O–H groups in total. The molecule has 3 atom stereocenters. The molecule has 0 bridgehead atoms. The van der Waals surface area contributed by atoms with Crippen LogP contribution in [-0.4, -0.2) is 61.8 Å². The van der Waals surface area contributed by atoms with Crippen LogP contribution in [0, 0.1) is 0 Å². The molecule has 0 radical (unpaired) electrons. The van der Waals surface area contributed by atoms with Gasteiger partial charge in [0.1, 0.15) is 5.69 Å². The molecule has 8 heteroatoms. The summed E-state index contributed by atoms with van der Waals surface area (Å²) in [5, 5.41) is 0. The molecule has 0 aliphatic carbocycles. The van der Waals surface area contributed by atoms with Crippen molar-refractivity contribution in [3.05, 3.63) is 30.1 Å². The van der Waals surface area contributed by atoms with Crippen LogP contribution in [0.2, 0.25) is 0 Å². The van der Waals surface area contributed by atoms with Crippen LogP contribution in [-0.2, 0) is 14.8 Å². The van der Waals surface area contributed by atoms with E-state index >= 15 is 0 Å². The summed E-state index contributed by atoms with van der Waals surface area (Å²) in [4.78, 5) is 18.4. The highest BCUT2D eigenvalue weighted by atomic mass is 32.2. The Balaban J connectivity index is 1.84. The number of ether oxygens (including phenoxy) is 1. The molecule has 2 saturated heterocycles. The molecular formula is C14H19N3O4S. The maximum absolute atomic E-state index is 12.6. The van der Waals surface area contributed by atoms with Gasteiger partial charge in [0, 0.05) is 19.3 Å². The van der Waals surface area contributed by atoms with E-state index in [0.29, 0.717) is 18.8 Å². The van der Waals surface area contributed by atoms with Gasteiger partial charge >= 0.3 is 0 Å². The lowest BCUT2D eigenvalue weighted by molar-refractivity contribution is -0.0157. The highest BCUT2D eigenvalue weighted by molar-refractivity contribution is 7.88. The van der Waals surface area contributed by atoms with Crippen molar-refractivity contribution in [3.8, 4) is 0 Å². The lowest BCUT2D eigenvalue weighted by atomic mass is 10.0. The Morgan fingerprint density at radius 2 is 2.27 bits per heavy atom. The van der Waals surface area contributed by atoms with Gasteiger partial charge in [-0.05, 0) is 25.0 Å². The summed E-state index contributed by atoms with van der Waals surface area (Å²) in [6.07, 6.45) is 4.07. The van der Waals surface area contributed by atoms with Crippen molar-refractivity contribution in [1.29, 1.82) is 0 Å². The van der Waals surface area contributed by atoms with Gasteiger partial charge in [-0.3, -0.25) is 9.78 Å². The summed E-state index contributed by atoms with van der Waals surface area (Å²) in [5.41, 5.74) is 0.367. The van der Waals surface area contributed by atoms with Crippen molar-refractivity contribution < 1.29 is 17.9 Å². The van der Waals surface area contributed by atoms with Gasteiger partial charge in [-0.2, -0.15) is 0 Å². The maximum atomic E-state index is 12.6. The van der Waals surface area contributed by atoms with Crippen molar-refractivity contribution in [1.82, 2.24) is 14.6 Å². The first-order chi connectivity index (χ1) is 10.5. The SMILES string of the molecule is CS(=O)(=O)N[C@@H]1CN(C(=O)c2ccccn2)[C@@H]2CCCO[C@@H]21. The van der Waals surface area contributed by atoms with Crippen molar-refractivity contribution in [3.63, 3.8) is 0 Å². The molecule has 22 heavy (non-hydrogen) atoms.